The van der Waals surface area contributed by atoms with Crippen LogP contribution in [0.3, 0.4) is 0 Å². The maximum absolute atomic E-state index is 6.03. The van der Waals surface area contributed by atoms with E-state index in [1.807, 2.05) is 30.3 Å². The summed E-state index contributed by atoms with van der Waals surface area (Å²) in [5.41, 5.74) is 9.30. The van der Waals surface area contributed by atoms with Gasteiger partial charge in [0.25, 0.3) is 5.89 Å². The molecule has 0 aliphatic heterocycles. The summed E-state index contributed by atoms with van der Waals surface area (Å²) in [7, 11) is 0. The van der Waals surface area contributed by atoms with Gasteiger partial charge in [-0.1, -0.05) is 31.2 Å². The van der Waals surface area contributed by atoms with E-state index in [0.29, 0.717) is 17.6 Å². The number of nitrogens with zero attached hydrogens (tertiary/aromatic N) is 4. The van der Waals surface area contributed by atoms with E-state index < -0.39 is 0 Å². The Morgan fingerprint density at radius 3 is 2.74 bits per heavy atom. The first-order valence-corrected chi connectivity index (χ1v) is 9.19. The Kier molecular flexibility index (Phi) is 4.93. The summed E-state index contributed by atoms with van der Waals surface area (Å²) in [5, 5.41) is 11.7. The van der Waals surface area contributed by atoms with Gasteiger partial charge in [-0.25, -0.2) is 9.97 Å². The van der Waals surface area contributed by atoms with Crippen molar-refractivity contribution in [1.82, 2.24) is 25.5 Å². The Labute approximate surface area is 157 Å². The molecule has 7 heteroatoms. The summed E-state index contributed by atoms with van der Waals surface area (Å²) < 4.78 is 5.79. The fraction of sp³-hybridized carbons (Fsp3) is 0.300. The predicted molar refractivity (Wildman–Crippen MR) is 104 cm³/mol. The Bertz CT molecular complexity index is 950. The highest BCUT2D eigenvalue weighted by Gasteiger charge is 2.19. The first kappa shape index (κ1) is 17.4. The predicted octanol–water partition coefficient (Wildman–Crippen LogP) is 3.32. The van der Waals surface area contributed by atoms with Crippen LogP contribution in [0.15, 0.2) is 47.0 Å². The van der Waals surface area contributed by atoms with Crippen LogP contribution in [-0.4, -0.2) is 32.8 Å². The molecule has 7 nitrogen and oxygen atoms in total. The third-order valence-electron chi connectivity index (χ3n) is 4.68. The number of hydrogen-bond donors (Lipinski definition) is 2. The third-order valence-corrected chi connectivity index (χ3v) is 4.68. The normalized spacial score (nSPS) is 16.9. The van der Waals surface area contributed by atoms with Gasteiger partial charge in [-0.3, -0.25) is 0 Å². The van der Waals surface area contributed by atoms with Crippen molar-refractivity contribution >= 4 is 11.4 Å². The van der Waals surface area contributed by atoms with E-state index >= 15 is 0 Å². The number of nitrogen functional groups attached to an aromatic ring is 1. The van der Waals surface area contributed by atoms with Crippen LogP contribution in [0.25, 0.3) is 28.6 Å². The van der Waals surface area contributed by atoms with Crippen LogP contribution < -0.4 is 11.1 Å². The highest BCUT2D eigenvalue weighted by molar-refractivity contribution is 5.69. The first-order valence-electron chi connectivity index (χ1n) is 9.19. The maximum atomic E-state index is 6.03. The van der Waals surface area contributed by atoms with E-state index in [4.69, 9.17) is 10.2 Å². The molecule has 4 rings (SSSR count). The molecule has 1 aliphatic carbocycles. The largest absolute Gasteiger partial charge is 0.414 e. The smallest absolute Gasteiger partial charge is 0.270 e. The second-order valence-corrected chi connectivity index (χ2v) is 6.53. The van der Waals surface area contributed by atoms with Crippen LogP contribution >= 0.6 is 0 Å². The van der Waals surface area contributed by atoms with Crippen LogP contribution in [0.1, 0.15) is 31.9 Å². The van der Waals surface area contributed by atoms with Crippen molar-refractivity contribution in [2.45, 2.75) is 32.2 Å². The minimum Gasteiger partial charge on any atom is -0.414 e. The highest BCUT2D eigenvalue weighted by Crippen LogP contribution is 2.30. The molecule has 1 aromatic carbocycles. The summed E-state index contributed by atoms with van der Waals surface area (Å²) in [6.07, 6.45) is 6.97. The molecule has 138 valence electrons. The lowest BCUT2D eigenvalue weighted by molar-refractivity contribution is 0.493. The molecule has 2 heterocycles. The number of rotatable bonds is 5. The van der Waals surface area contributed by atoms with E-state index in [0.717, 1.165) is 37.1 Å². The minimum atomic E-state index is 0.280. The van der Waals surface area contributed by atoms with Gasteiger partial charge in [0.2, 0.25) is 5.89 Å². The molecule has 1 unspecified atom stereocenters. The van der Waals surface area contributed by atoms with Crippen LogP contribution in [-0.2, 0) is 0 Å². The lowest BCUT2D eigenvalue weighted by atomic mass is 9.93. The van der Waals surface area contributed by atoms with Crippen LogP contribution in [0.2, 0.25) is 0 Å². The molecule has 0 saturated heterocycles. The van der Waals surface area contributed by atoms with Crippen molar-refractivity contribution in [3.8, 4) is 23.0 Å². The molecule has 0 fully saturated rings. The number of benzene rings is 1. The standard InChI is InChI=1S/C20H22N6O/c1-2-22-15-10-8-13(9-11-15)16-12-23-18(21)17(24-16)20-26-25-19(27-20)14-6-4-3-5-7-14/h3-8,12,15,22H,2,9-11H2,1H3,(H2,21,23). The monoisotopic (exact) mass is 362 g/mol. The summed E-state index contributed by atoms with van der Waals surface area (Å²) >= 11 is 0. The number of anilines is 1. The maximum Gasteiger partial charge on any atom is 0.270 e. The van der Waals surface area contributed by atoms with Crippen molar-refractivity contribution in [3.63, 3.8) is 0 Å². The molecule has 1 aliphatic rings. The molecule has 0 radical (unpaired) electrons. The Hall–Kier alpha value is -3.06. The summed E-state index contributed by atoms with van der Waals surface area (Å²) in [4.78, 5) is 8.97. The van der Waals surface area contributed by atoms with Gasteiger partial charge in [-0.2, -0.15) is 0 Å². The van der Waals surface area contributed by atoms with Crippen molar-refractivity contribution in [2.75, 3.05) is 12.3 Å². The van der Waals surface area contributed by atoms with Crippen LogP contribution in [0.5, 0.6) is 0 Å². The van der Waals surface area contributed by atoms with Crippen molar-refractivity contribution < 1.29 is 4.42 Å². The van der Waals surface area contributed by atoms with Crippen molar-refractivity contribution in [3.05, 3.63) is 48.3 Å². The lowest BCUT2D eigenvalue weighted by Crippen LogP contribution is -2.29. The minimum absolute atomic E-state index is 0.280. The molecular weight excluding hydrogens is 340 g/mol. The molecule has 0 amide bonds. The molecular formula is C20H22N6O. The van der Waals surface area contributed by atoms with E-state index in [-0.39, 0.29) is 11.7 Å². The average molecular weight is 362 g/mol. The first-order chi connectivity index (χ1) is 13.2. The molecule has 0 saturated carbocycles. The highest BCUT2D eigenvalue weighted by atomic mass is 16.4. The number of hydrogen-bond acceptors (Lipinski definition) is 7. The molecule has 1 atom stereocenters. The van der Waals surface area contributed by atoms with Gasteiger partial charge in [0.15, 0.2) is 11.5 Å². The number of allylic oxidation sites excluding steroid dienone is 1. The van der Waals surface area contributed by atoms with Gasteiger partial charge >= 0.3 is 0 Å². The molecule has 0 bridgehead atoms. The Morgan fingerprint density at radius 1 is 1.19 bits per heavy atom. The quantitative estimate of drug-likeness (QED) is 0.717. The van der Waals surface area contributed by atoms with Gasteiger partial charge < -0.3 is 15.5 Å². The fourth-order valence-corrected chi connectivity index (χ4v) is 3.27. The lowest BCUT2D eigenvalue weighted by Gasteiger charge is -2.22. The average Bonchev–Trinajstić information content (AvgIpc) is 3.20. The number of nitrogens with one attached hydrogen (secondary N) is 1. The topological polar surface area (TPSA) is 103 Å². The zero-order valence-corrected chi connectivity index (χ0v) is 15.2. The van der Waals surface area contributed by atoms with E-state index in [9.17, 15) is 0 Å². The van der Waals surface area contributed by atoms with Crippen LogP contribution in [0.4, 0.5) is 5.82 Å². The van der Waals surface area contributed by atoms with E-state index in [1.54, 1.807) is 6.20 Å². The van der Waals surface area contributed by atoms with Crippen molar-refractivity contribution in [2.24, 2.45) is 0 Å². The SMILES string of the molecule is CCNC1CC=C(c2cnc(N)c(-c3nnc(-c4ccccc4)o3)n2)CC1. The molecule has 27 heavy (non-hydrogen) atoms. The van der Waals surface area contributed by atoms with E-state index in [2.05, 4.69) is 38.5 Å². The summed E-state index contributed by atoms with van der Waals surface area (Å²) in [5.74, 6) is 0.995. The second kappa shape index (κ2) is 7.67. The van der Waals surface area contributed by atoms with Gasteiger partial charge in [0.1, 0.15) is 0 Å². The van der Waals surface area contributed by atoms with E-state index in [1.165, 1.54) is 5.57 Å². The fourth-order valence-electron chi connectivity index (χ4n) is 3.27. The summed E-state index contributed by atoms with van der Waals surface area (Å²) in [6.45, 7) is 3.12. The molecule has 0 spiro atoms. The van der Waals surface area contributed by atoms with Gasteiger partial charge in [-0.15, -0.1) is 10.2 Å². The number of nitrogens with two attached hydrogens (primary N) is 1. The Balaban J connectivity index is 1.61. The summed E-state index contributed by atoms with van der Waals surface area (Å²) in [6, 6.07) is 10.1. The molecule has 3 N–H and O–H groups in total. The third kappa shape index (κ3) is 3.73. The zero-order chi connectivity index (χ0) is 18.6. The Morgan fingerprint density at radius 2 is 2.00 bits per heavy atom. The molecule has 2 aromatic heterocycles. The van der Waals surface area contributed by atoms with Crippen LogP contribution in [0, 0.1) is 0 Å². The zero-order valence-electron chi connectivity index (χ0n) is 15.2. The second-order valence-electron chi connectivity index (χ2n) is 6.53. The van der Waals surface area contributed by atoms with Gasteiger partial charge in [-0.05, 0) is 43.5 Å². The molecule has 3 aromatic rings. The van der Waals surface area contributed by atoms with Crippen molar-refractivity contribution in [1.29, 1.82) is 0 Å². The van der Waals surface area contributed by atoms with Gasteiger partial charge in [0.05, 0.1) is 11.9 Å². The van der Waals surface area contributed by atoms with Gasteiger partial charge in [0, 0.05) is 11.6 Å². The number of aromatic nitrogens is 4.